The lowest BCUT2D eigenvalue weighted by atomic mass is 10.3. The van der Waals surface area contributed by atoms with Gasteiger partial charge in [-0.15, -0.1) is 0 Å². The molecule has 0 fully saturated rings. The monoisotopic (exact) mass is 286 g/mol. The first-order chi connectivity index (χ1) is 10.0. The fraction of sp³-hybridized carbons (Fsp3) is 0.231. The van der Waals surface area contributed by atoms with Crippen LogP contribution in [0.4, 0.5) is 0 Å². The Kier molecular flexibility index (Phi) is 3.05. The first-order valence-corrected chi connectivity index (χ1v) is 6.44. The molecule has 0 aliphatic heterocycles. The summed E-state index contributed by atoms with van der Waals surface area (Å²) in [5, 5.41) is 14.4. The van der Waals surface area contributed by atoms with Crippen molar-refractivity contribution in [2.45, 2.75) is 19.9 Å². The van der Waals surface area contributed by atoms with Gasteiger partial charge in [0.15, 0.2) is 11.1 Å². The van der Waals surface area contributed by atoms with Crippen molar-refractivity contribution in [3.63, 3.8) is 0 Å². The Morgan fingerprint density at radius 2 is 2.24 bits per heavy atom. The lowest BCUT2D eigenvalue weighted by molar-refractivity contribution is 0.454. The SMILES string of the molecule is CC(C)N=c1ccn2nc/c(=C/c3[nH]c(=O)[nH]c3O)c2n1. The molecular formula is C13H14N6O2. The molecule has 8 nitrogen and oxygen atoms in total. The molecule has 108 valence electrons. The quantitative estimate of drug-likeness (QED) is 0.579. The molecule has 0 amide bonds. The Hall–Kier alpha value is -2.90. The van der Waals surface area contributed by atoms with Gasteiger partial charge in [0, 0.05) is 23.5 Å². The average molecular weight is 286 g/mol. The summed E-state index contributed by atoms with van der Waals surface area (Å²) in [6, 6.07) is 1.92. The van der Waals surface area contributed by atoms with Gasteiger partial charge in [-0.2, -0.15) is 5.10 Å². The fourth-order valence-electron chi connectivity index (χ4n) is 1.96. The number of aromatic amines is 2. The van der Waals surface area contributed by atoms with Crippen LogP contribution in [-0.4, -0.2) is 35.7 Å². The molecule has 0 bridgehead atoms. The number of H-pyrrole nitrogens is 2. The molecule has 0 aromatic carbocycles. The van der Waals surface area contributed by atoms with Crippen LogP contribution in [-0.2, 0) is 0 Å². The van der Waals surface area contributed by atoms with Crippen LogP contribution in [0.2, 0.25) is 0 Å². The third-order valence-electron chi connectivity index (χ3n) is 2.81. The summed E-state index contributed by atoms with van der Waals surface area (Å²) < 4.78 is 1.60. The number of nitrogens with zero attached hydrogens (tertiary/aromatic N) is 4. The van der Waals surface area contributed by atoms with Crippen molar-refractivity contribution >= 4 is 11.7 Å². The Labute approximate surface area is 118 Å². The number of rotatable bonds is 2. The maximum Gasteiger partial charge on any atom is 0.326 e. The van der Waals surface area contributed by atoms with E-state index in [4.69, 9.17) is 0 Å². The van der Waals surface area contributed by atoms with Crippen LogP contribution in [0.25, 0.3) is 11.7 Å². The molecule has 3 heterocycles. The molecule has 0 radical (unpaired) electrons. The van der Waals surface area contributed by atoms with Gasteiger partial charge in [-0.05, 0) is 19.9 Å². The van der Waals surface area contributed by atoms with Gasteiger partial charge >= 0.3 is 5.69 Å². The van der Waals surface area contributed by atoms with E-state index in [1.807, 2.05) is 13.8 Å². The summed E-state index contributed by atoms with van der Waals surface area (Å²) in [4.78, 5) is 24.7. The largest absolute Gasteiger partial charge is 0.493 e. The van der Waals surface area contributed by atoms with E-state index in [2.05, 4.69) is 25.0 Å². The molecule has 3 aromatic rings. The molecule has 3 rings (SSSR count). The lowest BCUT2D eigenvalue weighted by Crippen LogP contribution is -2.15. The summed E-state index contributed by atoms with van der Waals surface area (Å²) in [5.74, 6) is -0.220. The van der Waals surface area contributed by atoms with Gasteiger partial charge in [0.25, 0.3) is 0 Å². The smallest absolute Gasteiger partial charge is 0.326 e. The van der Waals surface area contributed by atoms with E-state index >= 15 is 0 Å². The third-order valence-corrected chi connectivity index (χ3v) is 2.81. The van der Waals surface area contributed by atoms with Crippen LogP contribution in [0.15, 0.2) is 28.2 Å². The maximum atomic E-state index is 11.1. The zero-order chi connectivity index (χ0) is 15.0. The molecule has 0 saturated heterocycles. The van der Waals surface area contributed by atoms with Gasteiger partial charge in [0.05, 0.1) is 6.20 Å². The number of aromatic nitrogens is 5. The number of aromatic hydroxyl groups is 1. The minimum atomic E-state index is -0.473. The van der Waals surface area contributed by atoms with Crippen molar-refractivity contribution in [1.29, 1.82) is 0 Å². The van der Waals surface area contributed by atoms with Crippen molar-refractivity contribution in [2.24, 2.45) is 4.99 Å². The van der Waals surface area contributed by atoms with Gasteiger partial charge in [-0.1, -0.05) is 0 Å². The van der Waals surface area contributed by atoms with Gasteiger partial charge in [-0.3, -0.25) is 9.98 Å². The molecule has 21 heavy (non-hydrogen) atoms. The molecule has 0 unspecified atom stereocenters. The van der Waals surface area contributed by atoms with Gasteiger partial charge in [0.2, 0.25) is 5.88 Å². The van der Waals surface area contributed by atoms with Gasteiger partial charge in [-0.25, -0.2) is 14.3 Å². The second-order valence-corrected chi connectivity index (χ2v) is 4.86. The van der Waals surface area contributed by atoms with Crippen molar-refractivity contribution in [3.8, 4) is 5.88 Å². The first-order valence-electron chi connectivity index (χ1n) is 6.44. The number of hydrogen-bond acceptors (Lipinski definition) is 5. The van der Waals surface area contributed by atoms with E-state index in [-0.39, 0.29) is 17.6 Å². The standard InChI is InChI=1S/C13H14N6O2/c1-7(2)15-10-3-4-19-11(17-10)8(6-14-19)5-9-12(20)18-13(21)16-9/h3-7,20H,1-2H3,(H2,16,18,21)/b8-5-,15-10?. The highest BCUT2D eigenvalue weighted by molar-refractivity contribution is 5.56. The van der Waals surface area contributed by atoms with Crippen LogP contribution in [0.1, 0.15) is 19.5 Å². The maximum absolute atomic E-state index is 11.1. The third kappa shape index (κ3) is 2.55. The van der Waals surface area contributed by atoms with Crippen LogP contribution < -0.4 is 16.4 Å². The topological polar surface area (TPSA) is 111 Å². The predicted octanol–water partition coefficient (Wildman–Crippen LogP) is -0.692. The fourth-order valence-corrected chi connectivity index (χ4v) is 1.96. The van der Waals surface area contributed by atoms with Gasteiger partial charge in [0.1, 0.15) is 5.69 Å². The summed E-state index contributed by atoms with van der Waals surface area (Å²) in [5.41, 5.74) is 1.01. The molecule has 0 saturated carbocycles. The van der Waals surface area contributed by atoms with Crippen molar-refractivity contribution in [1.82, 2.24) is 24.6 Å². The van der Waals surface area contributed by atoms with Crippen LogP contribution in [0, 0.1) is 0 Å². The molecular weight excluding hydrogens is 272 g/mol. The highest BCUT2D eigenvalue weighted by atomic mass is 16.3. The first kappa shape index (κ1) is 13.1. The van der Waals surface area contributed by atoms with Crippen molar-refractivity contribution < 1.29 is 5.11 Å². The molecule has 0 atom stereocenters. The number of fused-ring (bicyclic) bond motifs is 1. The highest BCUT2D eigenvalue weighted by Gasteiger charge is 2.04. The van der Waals surface area contributed by atoms with E-state index in [1.54, 1.807) is 29.1 Å². The molecule has 0 aliphatic carbocycles. The normalized spacial score (nSPS) is 13.7. The predicted molar refractivity (Wildman–Crippen MR) is 75.5 cm³/mol. The number of hydrogen-bond donors (Lipinski definition) is 3. The Morgan fingerprint density at radius 3 is 2.90 bits per heavy atom. The van der Waals surface area contributed by atoms with E-state index in [1.165, 1.54) is 0 Å². The number of nitrogens with one attached hydrogen (secondary N) is 2. The van der Waals surface area contributed by atoms with E-state index < -0.39 is 5.69 Å². The zero-order valence-corrected chi connectivity index (χ0v) is 11.5. The van der Waals surface area contributed by atoms with Crippen LogP contribution in [0.5, 0.6) is 5.88 Å². The minimum Gasteiger partial charge on any atom is -0.493 e. The Morgan fingerprint density at radius 1 is 1.43 bits per heavy atom. The molecule has 0 aliphatic rings. The van der Waals surface area contributed by atoms with E-state index in [9.17, 15) is 9.90 Å². The lowest BCUT2D eigenvalue weighted by Gasteiger charge is -1.95. The Bertz CT molecular complexity index is 963. The summed E-state index contributed by atoms with van der Waals surface area (Å²) in [6.45, 7) is 3.94. The number of imidazole rings is 1. The molecule has 3 aromatic heterocycles. The highest BCUT2D eigenvalue weighted by Crippen LogP contribution is 2.07. The van der Waals surface area contributed by atoms with Crippen molar-refractivity contribution in [2.75, 3.05) is 0 Å². The summed E-state index contributed by atoms with van der Waals surface area (Å²) in [7, 11) is 0. The van der Waals surface area contributed by atoms with E-state index in [0.29, 0.717) is 16.4 Å². The van der Waals surface area contributed by atoms with Gasteiger partial charge < -0.3 is 10.1 Å². The molecule has 3 N–H and O–H groups in total. The molecule has 8 heteroatoms. The van der Waals surface area contributed by atoms with Crippen LogP contribution in [0.3, 0.4) is 0 Å². The second kappa shape index (κ2) is 4.89. The van der Waals surface area contributed by atoms with E-state index in [0.717, 1.165) is 0 Å². The Balaban J connectivity index is 2.24. The zero-order valence-electron chi connectivity index (χ0n) is 11.5. The van der Waals surface area contributed by atoms with Crippen LogP contribution >= 0.6 is 0 Å². The minimum absolute atomic E-state index is 0.139. The van der Waals surface area contributed by atoms with Crippen molar-refractivity contribution in [3.05, 3.63) is 45.3 Å². The second-order valence-electron chi connectivity index (χ2n) is 4.86. The average Bonchev–Trinajstić information content (AvgIpc) is 2.93. The summed E-state index contributed by atoms with van der Waals surface area (Å²) >= 11 is 0. The molecule has 0 spiro atoms. The summed E-state index contributed by atoms with van der Waals surface area (Å²) in [6.07, 6.45) is 4.97.